The quantitative estimate of drug-likeness (QED) is 0.633. The van der Waals surface area contributed by atoms with Crippen LogP contribution in [-0.2, 0) is 9.53 Å². The van der Waals surface area contributed by atoms with Gasteiger partial charge in [-0.15, -0.1) is 11.3 Å². The van der Waals surface area contributed by atoms with Gasteiger partial charge in [0.1, 0.15) is 4.88 Å². The summed E-state index contributed by atoms with van der Waals surface area (Å²) in [5, 5.41) is 9.83. The fourth-order valence-corrected chi connectivity index (χ4v) is 4.51. The largest absolute Gasteiger partial charge is 0.477 e. The van der Waals surface area contributed by atoms with E-state index in [1.165, 1.54) is 0 Å². The maximum atomic E-state index is 13.6. The molecule has 1 aromatic heterocycles. The van der Waals surface area contributed by atoms with E-state index in [1.54, 1.807) is 18.1 Å². The first-order valence-electron chi connectivity index (χ1n) is 10.5. The Morgan fingerprint density at radius 3 is 2.47 bits per heavy atom. The molecule has 6 nitrogen and oxygen atoms in total. The first-order chi connectivity index (χ1) is 14.1. The Labute approximate surface area is 183 Å². The lowest BCUT2D eigenvalue weighted by Crippen LogP contribution is -2.50. The van der Waals surface area contributed by atoms with Crippen LogP contribution in [-0.4, -0.2) is 43.3 Å². The molecule has 1 saturated carbocycles. The van der Waals surface area contributed by atoms with Gasteiger partial charge >= 0.3 is 5.97 Å². The molecular weight excluding hydrogens is 400 g/mol. The molecule has 0 radical (unpaired) electrons. The number of amides is 1. The minimum Gasteiger partial charge on any atom is -0.477 e. The van der Waals surface area contributed by atoms with Gasteiger partial charge in [0, 0.05) is 25.0 Å². The van der Waals surface area contributed by atoms with Gasteiger partial charge < -0.3 is 20.5 Å². The lowest BCUT2D eigenvalue weighted by atomic mass is 9.82. The molecule has 1 aliphatic rings. The molecular formula is C23H34N2O4S. The summed E-state index contributed by atoms with van der Waals surface area (Å²) in [5.74, 6) is 5.56. The van der Waals surface area contributed by atoms with Crippen LogP contribution in [0.4, 0.5) is 5.69 Å². The maximum Gasteiger partial charge on any atom is 0.348 e. The van der Waals surface area contributed by atoms with Gasteiger partial charge in [-0.3, -0.25) is 4.79 Å². The Balaban J connectivity index is 2.51. The van der Waals surface area contributed by atoms with Crippen molar-refractivity contribution < 1.29 is 19.4 Å². The van der Waals surface area contributed by atoms with Crippen LogP contribution in [0.2, 0.25) is 0 Å². The summed E-state index contributed by atoms with van der Waals surface area (Å²) in [6.45, 7) is 8.61. The molecule has 1 amide bonds. The molecule has 30 heavy (non-hydrogen) atoms. The third-order valence-corrected chi connectivity index (χ3v) is 6.35. The van der Waals surface area contributed by atoms with Crippen molar-refractivity contribution in [3.63, 3.8) is 0 Å². The van der Waals surface area contributed by atoms with E-state index in [-0.39, 0.29) is 35.3 Å². The minimum atomic E-state index is -1.07. The second-order valence-electron chi connectivity index (χ2n) is 9.14. The number of carbonyl (C=O) groups is 2. The van der Waals surface area contributed by atoms with E-state index >= 15 is 0 Å². The SMILES string of the molecule is COC[C@H](CN)N(c1cc(C#CC(C)(C)C)sc1C(=O)O)C(=O)[C@H]1CC[C@H](C)CC1. The monoisotopic (exact) mass is 434 g/mol. The van der Waals surface area contributed by atoms with Gasteiger partial charge in [-0.25, -0.2) is 4.79 Å². The van der Waals surface area contributed by atoms with E-state index in [4.69, 9.17) is 10.5 Å². The molecule has 1 aliphatic carbocycles. The van der Waals surface area contributed by atoms with E-state index in [1.807, 2.05) is 20.8 Å². The summed E-state index contributed by atoms with van der Waals surface area (Å²) in [6.07, 6.45) is 3.62. The van der Waals surface area contributed by atoms with Gasteiger partial charge in [-0.1, -0.05) is 18.8 Å². The summed E-state index contributed by atoms with van der Waals surface area (Å²) in [6, 6.07) is 1.28. The Bertz CT molecular complexity index is 807. The molecule has 2 rings (SSSR count). The smallest absolute Gasteiger partial charge is 0.348 e. The molecule has 0 unspecified atom stereocenters. The molecule has 3 N–H and O–H groups in total. The van der Waals surface area contributed by atoms with Gasteiger partial charge in [-0.2, -0.15) is 0 Å². The zero-order valence-corrected chi connectivity index (χ0v) is 19.5. The van der Waals surface area contributed by atoms with Crippen LogP contribution in [0.1, 0.15) is 67.9 Å². The second-order valence-corrected chi connectivity index (χ2v) is 10.2. The maximum absolute atomic E-state index is 13.6. The van der Waals surface area contributed by atoms with Gasteiger partial charge in [0.05, 0.1) is 23.2 Å². The lowest BCUT2D eigenvalue weighted by molar-refractivity contribution is -0.124. The van der Waals surface area contributed by atoms with E-state index in [9.17, 15) is 14.7 Å². The van der Waals surface area contributed by atoms with E-state index in [2.05, 4.69) is 18.8 Å². The highest BCUT2D eigenvalue weighted by atomic mass is 32.1. The summed E-state index contributed by atoms with van der Waals surface area (Å²) in [5.41, 5.74) is 6.16. The highest BCUT2D eigenvalue weighted by Gasteiger charge is 2.35. The van der Waals surface area contributed by atoms with Crippen molar-refractivity contribution in [3.8, 4) is 11.8 Å². The lowest BCUT2D eigenvalue weighted by Gasteiger charge is -2.35. The van der Waals surface area contributed by atoms with Crippen molar-refractivity contribution >= 4 is 28.9 Å². The van der Waals surface area contributed by atoms with Crippen LogP contribution in [0.25, 0.3) is 0 Å². The molecule has 0 saturated heterocycles. The average Bonchev–Trinajstić information content (AvgIpc) is 3.10. The fourth-order valence-electron chi connectivity index (χ4n) is 3.66. The number of hydrogen-bond donors (Lipinski definition) is 2. The number of aromatic carboxylic acids is 1. The summed E-state index contributed by atoms with van der Waals surface area (Å²) in [4.78, 5) is 27.9. The zero-order chi connectivity index (χ0) is 22.5. The highest BCUT2D eigenvalue weighted by molar-refractivity contribution is 7.15. The first kappa shape index (κ1) is 24.4. The Morgan fingerprint density at radius 1 is 1.33 bits per heavy atom. The molecule has 1 aromatic rings. The molecule has 0 aliphatic heterocycles. The molecule has 0 spiro atoms. The van der Waals surface area contributed by atoms with Crippen molar-refractivity contribution in [2.45, 2.75) is 59.4 Å². The molecule has 0 aromatic carbocycles. The molecule has 166 valence electrons. The third kappa shape index (κ3) is 6.31. The van der Waals surface area contributed by atoms with Crippen LogP contribution < -0.4 is 10.6 Å². The number of methoxy groups -OCH3 is 1. The first-order valence-corrected chi connectivity index (χ1v) is 11.3. The van der Waals surface area contributed by atoms with Crippen molar-refractivity contribution in [1.29, 1.82) is 0 Å². The van der Waals surface area contributed by atoms with Gasteiger partial charge in [0.2, 0.25) is 5.91 Å². The van der Waals surface area contributed by atoms with Crippen LogP contribution in [0, 0.1) is 29.1 Å². The molecule has 1 heterocycles. The number of ether oxygens (including phenoxy) is 1. The fraction of sp³-hybridized carbons (Fsp3) is 0.652. The standard InChI is InChI=1S/C23H34N2O4S/c1-15-6-8-16(9-7-15)21(26)25(17(13-24)14-29-5)19-12-18(10-11-23(2,3)4)30-20(19)22(27)28/h12,15-17H,6-9,13-14,24H2,1-5H3,(H,27,28)/t15-,16-,17-/m0/s1. The van der Waals surface area contributed by atoms with E-state index < -0.39 is 12.0 Å². The summed E-state index contributed by atoms with van der Waals surface area (Å²) < 4.78 is 5.31. The Kier molecular flexibility index (Phi) is 8.48. The summed E-state index contributed by atoms with van der Waals surface area (Å²) >= 11 is 1.10. The second kappa shape index (κ2) is 10.4. The molecule has 1 atom stereocenters. The predicted molar refractivity (Wildman–Crippen MR) is 121 cm³/mol. The zero-order valence-electron chi connectivity index (χ0n) is 18.7. The number of carboxylic acids is 1. The molecule has 7 heteroatoms. The Morgan fingerprint density at radius 2 is 1.97 bits per heavy atom. The number of carboxylic acid groups (broad SMARTS) is 1. The summed E-state index contributed by atoms with van der Waals surface area (Å²) in [7, 11) is 1.56. The normalized spacial score (nSPS) is 20.2. The van der Waals surface area contributed by atoms with Crippen LogP contribution >= 0.6 is 11.3 Å². The van der Waals surface area contributed by atoms with Crippen LogP contribution in [0.5, 0.6) is 0 Å². The minimum absolute atomic E-state index is 0.0648. The number of rotatable bonds is 7. The topological polar surface area (TPSA) is 92.9 Å². The van der Waals surface area contributed by atoms with Crippen molar-refractivity contribution in [2.24, 2.45) is 23.0 Å². The number of anilines is 1. The van der Waals surface area contributed by atoms with Crippen molar-refractivity contribution in [2.75, 3.05) is 25.2 Å². The van der Waals surface area contributed by atoms with Gasteiger partial charge in [0.15, 0.2) is 0 Å². The highest BCUT2D eigenvalue weighted by Crippen LogP contribution is 2.36. The predicted octanol–water partition coefficient (Wildman–Crippen LogP) is 3.98. The van der Waals surface area contributed by atoms with Gasteiger partial charge in [-0.05, 0) is 58.4 Å². The third-order valence-electron chi connectivity index (χ3n) is 5.33. The van der Waals surface area contributed by atoms with Crippen molar-refractivity contribution in [1.82, 2.24) is 0 Å². The molecule has 1 fully saturated rings. The van der Waals surface area contributed by atoms with Crippen molar-refractivity contribution in [3.05, 3.63) is 15.8 Å². The number of hydrogen-bond acceptors (Lipinski definition) is 5. The number of carbonyl (C=O) groups excluding carboxylic acids is 1. The Hall–Kier alpha value is -1.88. The van der Waals surface area contributed by atoms with Gasteiger partial charge in [0.25, 0.3) is 0 Å². The van der Waals surface area contributed by atoms with E-state index in [0.29, 0.717) is 16.5 Å². The number of thiophene rings is 1. The van der Waals surface area contributed by atoms with Crippen LogP contribution in [0.3, 0.4) is 0 Å². The number of nitrogens with two attached hydrogens (primary N) is 1. The number of nitrogens with zero attached hydrogens (tertiary/aromatic N) is 1. The van der Waals surface area contributed by atoms with Crippen LogP contribution in [0.15, 0.2) is 6.07 Å². The van der Waals surface area contributed by atoms with E-state index in [0.717, 1.165) is 37.0 Å². The molecule has 0 bridgehead atoms. The average molecular weight is 435 g/mol.